The second-order valence-corrected chi connectivity index (χ2v) is 4.45. The first-order chi connectivity index (χ1) is 9.77. The fraction of sp³-hybridized carbons (Fsp3) is 0.462. The zero-order valence-corrected chi connectivity index (χ0v) is 11.2. The number of carbonyl (C=O) groups is 1. The van der Waals surface area contributed by atoms with E-state index < -0.39 is 6.04 Å². The van der Waals surface area contributed by atoms with Gasteiger partial charge < -0.3 is 14.4 Å². The monoisotopic (exact) mass is 276 g/mol. The Labute approximate surface area is 116 Å². The number of benzene rings is 1. The van der Waals surface area contributed by atoms with E-state index in [0.29, 0.717) is 6.54 Å². The van der Waals surface area contributed by atoms with Gasteiger partial charge in [-0.2, -0.15) is 0 Å². The summed E-state index contributed by atoms with van der Waals surface area (Å²) in [6, 6.07) is 8.72. The van der Waals surface area contributed by atoms with E-state index in [1.807, 2.05) is 30.3 Å². The molecule has 0 radical (unpaired) electrons. The molecule has 0 aromatic heterocycles. The Kier molecular flexibility index (Phi) is 4.95. The molecule has 0 saturated carbocycles. The first kappa shape index (κ1) is 14.3. The van der Waals surface area contributed by atoms with Crippen molar-refractivity contribution in [3.63, 3.8) is 0 Å². The van der Waals surface area contributed by atoms with Gasteiger partial charge in [-0.25, -0.2) is 0 Å². The zero-order valence-electron chi connectivity index (χ0n) is 11.2. The van der Waals surface area contributed by atoms with Gasteiger partial charge in [-0.1, -0.05) is 35.4 Å². The number of hydrogen-bond donors (Lipinski definition) is 0. The molecule has 1 aliphatic heterocycles. The molecule has 2 rings (SSSR count). The van der Waals surface area contributed by atoms with Crippen LogP contribution in [0.4, 0.5) is 0 Å². The van der Waals surface area contributed by atoms with Gasteiger partial charge in [-0.3, -0.25) is 4.79 Å². The fourth-order valence-electron chi connectivity index (χ4n) is 2.18. The smallest absolute Gasteiger partial charge is 0.234 e. The SMILES string of the molecule is COCOC[C@H]1[C@@H](N=[N+]=[N-])C(=O)N1Cc1ccccc1. The van der Waals surface area contributed by atoms with Crippen molar-refractivity contribution in [2.75, 3.05) is 20.5 Å². The molecule has 1 saturated heterocycles. The number of β-lactam (4-membered cyclic amide) rings is 1. The Balaban J connectivity index is 2.02. The van der Waals surface area contributed by atoms with Crippen LogP contribution in [0.2, 0.25) is 0 Å². The molecule has 0 bridgehead atoms. The van der Waals surface area contributed by atoms with E-state index in [2.05, 4.69) is 10.0 Å². The summed E-state index contributed by atoms with van der Waals surface area (Å²) in [7, 11) is 1.53. The second kappa shape index (κ2) is 6.91. The molecule has 0 aliphatic carbocycles. The number of ether oxygens (including phenoxy) is 2. The van der Waals surface area contributed by atoms with E-state index in [-0.39, 0.29) is 25.3 Å². The topological polar surface area (TPSA) is 87.5 Å². The lowest BCUT2D eigenvalue weighted by molar-refractivity contribution is -0.157. The van der Waals surface area contributed by atoms with Gasteiger partial charge in [0.2, 0.25) is 5.91 Å². The minimum atomic E-state index is -0.680. The van der Waals surface area contributed by atoms with Crippen LogP contribution in [0.15, 0.2) is 35.4 Å². The van der Waals surface area contributed by atoms with Crippen molar-refractivity contribution < 1.29 is 14.3 Å². The summed E-state index contributed by atoms with van der Waals surface area (Å²) in [6.07, 6.45) is 0. The number of likely N-dealkylation sites (tertiary alicyclic amines) is 1. The summed E-state index contributed by atoms with van der Waals surface area (Å²) in [4.78, 5) is 16.3. The lowest BCUT2D eigenvalue weighted by Crippen LogP contribution is -2.64. The van der Waals surface area contributed by atoms with Crippen LogP contribution in [0, 0.1) is 0 Å². The van der Waals surface area contributed by atoms with Crippen molar-refractivity contribution in [2.24, 2.45) is 5.11 Å². The number of methoxy groups -OCH3 is 1. The molecule has 106 valence electrons. The highest BCUT2D eigenvalue weighted by molar-refractivity contribution is 5.89. The quantitative estimate of drug-likeness (QED) is 0.190. The van der Waals surface area contributed by atoms with E-state index in [9.17, 15) is 4.79 Å². The molecule has 0 spiro atoms. The normalized spacial score (nSPS) is 21.2. The van der Waals surface area contributed by atoms with Crippen LogP contribution in [-0.2, 0) is 20.8 Å². The third kappa shape index (κ3) is 3.08. The number of rotatable bonds is 7. The number of nitrogens with zero attached hydrogens (tertiary/aromatic N) is 4. The van der Waals surface area contributed by atoms with Crippen LogP contribution >= 0.6 is 0 Å². The molecule has 2 atom stereocenters. The van der Waals surface area contributed by atoms with Gasteiger partial charge >= 0.3 is 0 Å². The van der Waals surface area contributed by atoms with Crippen LogP contribution in [0.3, 0.4) is 0 Å². The van der Waals surface area contributed by atoms with E-state index >= 15 is 0 Å². The molecule has 1 aliphatic rings. The summed E-state index contributed by atoms with van der Waals surface area (Å²) in [5.41, 5.74) is 9.53. The summed E-state index contributed by atoms with van der Waals surface area (Å²) in [5.74, 6) is -0.169. The second-order valence-electron chi connectivity index (χ2n) is 4.45. The summed E-state index contributed by atoms with van der Waals surface area (Å²) < 4.78 is 10.1. The highest BCUT2D eigenvalue weighted by atomic mass is 16.7. The van der Waals surface area contributed by atoms with Gasteiger partial charge in [0, 0.05) is 18.6 Å². The third-order valence-corrected chi connectivity index (χ3v) is 3.16. The van der Waals surface area contributed by atoms with Gasteiger partial charge in [0.05, 0.1) is 12.6 Å². The van der Waals surface area contributed by atoms with Gasteiger partial charge in [0.1, 0.15) is 12.8 Å². The Morgan fingerprint density at radius 1 is 1.40 bits per heavy atom. The van der Waals surface area contributed by atoms with Crippen LogP contribution in [0.25, 0.3) is 10.4 Å². The van der Waals surface area contributed by atoms with Gasteiger partial charge in [-0.15, -0.1) is 0 Å². The van der Waals surface area contributed by atoms with Crippen LogP contribution < -0.4 is 0 Å². The average molecular weight is 276 g/mol. The van der Waals surface area contributed by atoms with Crippen molar-refractivity contribution in [2.45, 2.75) is 18.6 Å². The Bertz CT molecular complexity index is 502. The lowest BCUT2D eigenvalue weighted by atomic mass is 9.95. The number of amides is 1. The van der Waals surface area contributed by atoms with Gasteiger partial charge in [0.15, 0.2) is 0 Å². The fourth-order valence-corrected chi connectivity index (χ4v) is 2.18. The molecule has 0 unspecified atom stereocenters. The highest BCUT2D eigenvalue weighted by Gasteiger charge is 2.46. The molecule has 1 aromatic rings. The van der Waals surface area contributed by atoms with Crippen molar-refractivity contribution in [3.05, 3.63) is 46.3 Å². The van der Waals surface area contributed by atoms with E-state index in [1.165, 1.54) is 7.11 Å². The van der Waals surface area contributed by atoms with E-state index in [1.54, 1.807) is 4.90 Å². The largest absolute Gasteiger partial charge is 0.359 e. The van der Waals surface area contributed by atoms with Crippen molar-refractivity contribution >= 4 is 5.91 Å². The number of carbonyl (C=O) groups excluding carboxylic acids is 1. The maximum Gasteiger partial charge on any atom is 0.234 e. The Hall–Kier alpha value is -2.08. The first-order valence-corrected chi connectivity index (χ1v) is 6.23. The summed E-state index contributed by atoms with van der Waals surface area (Å²) >= 11 is 0. The standard InChI is InChI=1S/C13H16N4O3/c1-19-9-20-8-11-12(15-16-14)13(18)17(11)7-10-5-3-2-4-6-10/h2-6,11-12H,7-9H2,1H3/t11-,12+/m0/s1. The van der Waals surface area contributed by atoms with Crippen molar-refractivity contribution in [1.29, 1.82) is 0 Å². The minimum absolute atomic E-state index is 0.146. The molecule has 1 fully saturated rings. The summed E-state index contributed by atoms with van der Waals surface area (Å²) in [6.45, 7) is 0.918. The lowest BCUT2D eigenvalue weighted by Gasteiger charge is -2.45. The van der Waals surface area contributed by atoms with Crippen LogP contribution in [0.5, 0.6) is 0 Å². The summed E-state index contributed by atoms with van der Waals surface area (Å²) in [5, 5.41) is 3.53. The molecule has 7 nitrogen and oxygen atoms in total. The van der Waals surface area contributed by atoms with Crippen molar-refractivity contribution in [3.8, 4) is 0 Å². The predicted octanol–water partition coefficient (Wildman–Crippen LogP) is 1.70. The molecular weight excluding hydrogens is 260 g/mol. The van der Waals surface area contributed by atoms with Crippen LogP contribution in [0.1, 0.15) is 5.56 Å². The molecule has 1 amide bonds. The van der Waals surface area contributed by atoms with Gasteiger partial charge in [-0.05, 0) is 11.1 Å². The van der Waals surface area contributed by atoms with E-state index in [4.69, 9.17) is 15.0 Å². The maximum atomic E-state index is 12.0. The predicted molar refractivity (Wildman–Crippen MR) is 71.5 cm³/mol. The van der Waals surface area contributed by atoms with E-state index in [0.717, 1.165) is 5.56 Å². The molecule has 1 aromatic carbocycles. The highest BCUT2D eigenvalue weighted by Crippen LogP contribution is 2.26. The Morgan fingerprint density at radius 2 is 2.15 bits per heavy atom. The molecule has 0 N–H and O–H groups in total. The average Bonchev–Trinajstić information content (AvgIpc) is 2.49. The minimum Gasteiger partial charge on any atom is -0.359 e. The number of hydrogen-bond acceptors (Lipinski definition) is 4. The van der Waals surface area contributed by atoms with Crippen LogP contribution in [-0.4, -0.2) is 43.4 Å². The molecular formula is C13H16N4O3. The molecule has 20 heavy (non-hydrogen) atoms. The molecule has 7 heteroatoms. The first-order valence-electron chi connectivity index (χ1n) is 6.23. The molecule has 1 heterocycles. The van der Waals surface area contributed by atoms with Crippen molar-refractivity contribution in [1.82, 2.24) is 4.90 Å². The number of azide groups is 1. The third-order valence-electron chi connectivity index (χ3n) is 3.16. The Morgan fingerprint density at radius 3 is 2.80 bits per heavy atom. The maximum absolute atomic E-state index is 12.0. The van der Waals surface area contributed by atoms with Gasteiger partial charge in [0.25, 0.3) is 0 Å². The zero-order chi connectivity index (χ0) is 14.4.